The molecule has 1 fully saturated rings. The van der Waals surface area contributed by atoms with E-state index in [0.717, 1.165) is 25.0 Å². The number of piperidine rings is 1. The van der Waals surface area contributed by atoms with Crippen LogP contribution >= 0.6 is 0 Å². The van der Waals surface area contributed by atoms with Gasteiger partial charge in [-0.05, 0) is 37.1 Å². The summed E-state index contributed by atoms with van der Waals surface area (Å²) in [7, 11) is 0. The molecule has 1 aliphatic heterocycles. The minimum absolute atomic E-state index is 0.219. The van der Waals surface area contributed by atoms with Crippen LogP contribution in [0.15, 0.2) is 42.9 Å². The minimum atomic E-state index is -4.41. The first-order valence-electron chi connectivity index (χ1n) is 7.83. The average molecular weight is 351 g/mol. The van der Waals surface area contributed by atoms with Crippen LogP contribution in [-0.4, -0.2) is 40.0 Å². The molecule has 1 aromatic carbocycles. The first kappa shape index (κ1) is 17.2. The zero-order chi connectivity index (χ0) is 17.9. The molecule has 25 heavy (non-hydrogen) atoms. The maximum atomic E-state index is 12.6. The van der Waals surface area contributed by atoms with Crippen molar-refractivity contribution in [1.82, 2.24) is 14.9 Å². The van der Waals surface area contributed by atoms with Gasteiger partial charge in [0.15, 0.2) is 0 Å². The van der Waals surface area contributed by atoms with Crippen LogP contribution in [0.1, 0.15) is 28.8 Å². The van der Waals surface area contributed by atoms with E-state index in [-0.39, 0.29) is 17.6 Å². The van der Waals surface area contributed by atoms with E-state index in [1.807, 2.05) is 0 Å². The van der Waals surface area contributed by atoms with Crippen LogP contribution in [0.2, 0.25) is 0 Å². The average Bonchev–Trinajstić information content (AvgIpc) is 2.61. The summed E-state index contributed by atoms with van der Waals surface area (Å²) >= 11 is 0. The number of hydrogen-bond acceptors (Lipinski definition) is 4. The number of nitrogens with zero attached hydrogens (tertiary/aromatic N) is 3. The van der Waals surface area contributed by atoms with Crippen LogP contribution in [0.4, 0.5) is 13.2 Å². The van der Waals surface area contributed by atoms with Gasteiger partial charge in [-0.15, -0.1) is 0 Å². The summed E-state index contributed by atoms with van der Waals surface area (Å²) in [5, 5.41) is 0. The summed E-state index contributed by atoms with van der Waals surface area (Å²) in [6.07, 6.45) is 1.44. The quantitative estimate of drug-likeness (QED) is 0.852. The lowest BCUT2D eigenvalue weighted by atomic mass is 10.1. The molecule has 2 aromatic rings. The zero-order valence-corrected chi connectivity index (χ0v) is 13.2. The smallest absolute Gasteiger partial charge is 0.416 e. The SMILES string of the molecule is O=C(c1ccc(C(F)(F)F)cc1)N1CCCC(Oc2cnccn2)C1. The highest BCUT2D eigenvalue weighted by atomic mass is 19.4. The Morgan fingerprint density at radius 3 is 2.60 bits per heavy atom. The van der Waals surface area contributed by atoms with E-state index in [1.54, 1.807) is 4.90 Å². The molecule has 1 aromatic heterocycles. The zero-order valence-electron chi connectivity index (χ0n) is 13.2. The first-order valence-corrected chi connectivity index (χ1v) is 7.83. The van der Waals surface area contributed by atoms with Crippen molar-refractivity contribution in [2.24, 2.45) is 0 Å². The molecule has 1 aliphatic rings. The summed E-state index contributed by atoms with van der Waals surface area (Å²) in [6.45, 7) is 0.899. The number of carbonyl (C=O) groups is 1. The van der Waals surface area contributed by atoms with Gasteiger partial charge in [-0.1, -0.05) is 0 Å². The van der Waals surface area contributed by atoms with Crippen LogP contribution in [0.25, 0.3) is 0 Å². The Morgan fingerprint density at radius 1 is 1.20 bits per heavy atom. The Bertz CT molecular complexity index is 720. The molecule has 0 radical (unpaired) electrons. The van der Waals surface area contributed by atoms with Crippen LogP contribution in [-0.2, 0) is 6.18 Å². The summed E-state index contributed by atoms with van der Waals surface area (Å²) in [5.41, 5.74) is -0.542. The molecule has 3 rings (SSSR count). The van der Waals surface area contributed by atoms with Crippen LogP contribution in [0, 0.1) is 0 Å². The summed E-state index contributed by atoms with van der Waals surface area (Å²) in [4.78, 5) is 22.1. The number of alkyl halides is 3. The van der Waals surface area contributed by atoms with Gasteiger partial charge in [0.1, 0.15) is 6.10 Å². The lowest BCUT2D eigenvalue weighted by molar-refractivity contribution is -0.137. The number of ether oxygens (including phenoxy) is 1. The topological polar surface area (TPSA) is 55.3 Å². The van der Waals surface area contributed by atoms with E-state index in [0.29, 0.717) is 19.0 Å². The number of carbonyl (C=O) groups excluding carboxylic acids is 1. The number of benzene rings is 1. The molecular weight excluding hydrogens is 335 g/mol. The second-order valence-corrected chi connectivity index (χ2v) is 5.75. The number of halogens is 3. The highest BCUT2D eigenvalue weighted by Gasteiger charge is 2.31. The fraction of sp³-hybridized carbons (Fsp3) is 0.353. The van der Waals surface area contributed by atoms with Crippen LogP contribution in [0.5, 0.6) is 5.88 Å². The monoisotopic (exact) mass is 351 g/mol. The Morgan fingerprint density at radius 2 is 1.96 bits per heavy atom. The second-order valence-electron chi connectivity index (χ2n) is 5.75. The molecule has 1 amide bonds. The Balaban J connectivity index is 1.65. The Kier molecular flexibility index (Phi) is 4.87. The molecular formula is C17H16F3N3O2. The van der Waals surface area contributed by atoms with Gasteiger partial charge in [0, 0.05) is 24.5 Å². The number of hydrogen-bond donors (Lipinski definition) is 0. The molecule has 0 N–H and O–H groups in total. The molecule has 1 atom stereocenters. The van der Waals surface area contributed by atoms with Crippen molar-refractivity contribution in [2.75, 3.05) is 13.1 Å². The first-order chi connectivity index (χ1) is 11.9. The number of aromatic nitrogens is 2. The normalized spacial score (nSPS) is 18.0. The summed E-state index contributed by atoms with van der Waals surface area (Å²) in [6, 6.07) is 4.26. The van der Waals surface area contributed by atoms with Gasteiger partial charge in [0.2, 0.25) is 5.88 Å². The van der Waals surface area contributed by atoms with Crippen LogP contribution < -0.4 is 4.74 Å². The number of likely N-dealkylation sites (tertiary alicyclic amines) is 1. The summed E-state index contributed by atoms with van der Waals surface area (Å²) in [5.74, 6) is 0.0810. The molecule has 1 saturated heterocycles. The van der Waals surface area contributed by atoms with Crippen molar-refractivity contribution in [3.05, 3.63) is 54.0 Å². The second kappa shape index (κ2) is 7.08. The standard InChI is InChI=1S/C17H16F3N3O2/c18-17(19,20)13-5-3-12(4-6-13)16(24)23-9-1-2-14(11-23)25-15-10-21-7-8-22-15/h3-8,10,14H,1-2,9,11H2. The Hall–Kier alpha value is -2.64. The molecule has 0 spiro atoms. The molecule has 0 saturated carbocycles. The van der Waals surface area contributed by atoms with Gasteiger partial charge in [-0.2, -0.15) is 13.2 Å². The fourth-order valence-electron chi connectivity index (χ4n) is 2.72. The molecule has 132 valence electrons. The van der Waals surface area contributed by atoms with Crippen LogP contribution in [0.3, 0.4) is 0 Å². The Labute approximate surface area is 142 Å². The molecule has 2 heterocycles. The maximum Gasteiger partial charge on any atom is 0.416 e. The van der Waals surface area contributed by atoms with E-state index in [4.69, 9.17) is 4.74 Å². The minimum Gasteiger partial charge on any atom is -0.471 e. The van der Waals surface area contributed by atoms with E-state index >= 15 is 0 Å². The number of rotatable bonds is 3. The van der Waals surface area contributed by atoms with Gasteiger partial charge in [-0.25, -0.2) is 4.98 Å². The molecule has 8 heteroatoms. The van der Waals surface area contributed by atoms with Gasteiger partial charge in [0.25, 0.3) is 5.91 Å². The molecule has 5 nitrogen and oxygen atoms in total. The predicted molar refractivity (Wildman–Crippen MR) is 83.0 cm³/mol. The predicted octanol–water partition coefficient (Wildman–Crippen LogP) is 3.18. The largest absolute Gasteiger partial charge is 0.471 e. The third-order valence-corrected chi connectivity index (χ3v) is 3.95. The summed E-state index contributed by atoms with van der Waals surface area (Å²) < 4.78 is 43.6. The molecule has 0 bridgehead atoms. The lowest BCUT2D eigenvalue weighted by Crippen LogP contribution is -2.44. The van der Waals surface area contributed by atoms with Gasteiger partial charge in [0.05, 0.1) is 18.3 Å². The van der Waals surface area contributed by atoms with Gasteiger partial charge < -0.3 is 9.64 Å². The number of amides is 1. The fourth-order valence-corrected chi connectivity index (χ4v) is 2.72. The maximum absolute atomic E-state index is 12.6. The highest BCUT2D eigenvalue weighted by molar-refractivity contribution is 5.94. The molecule has 1 unspecified atom stereocenters. The van der Waals surface area contributed by atoms with Gasteiger partial charge >= 0.3 is 6.18 Å². The van der Waals surface area contributed by atoms with E-state index in [9.17, 15) is 18.0 Å². The van der Waals surface area contributed by atoms with Crippen molar-refractivity contribution in [3.8, 4) is 5.88 Å². The van der Waals surface area contributed by atoms with Gasteiger partial charge in [-0.3, -0.25) is 9.78 Å². The van der Waals surface area contributed by atoms with E-state index < -0.39 is 11.7 Å². The van der Waals surface area contributed by atoms with Crippen molar-refractivity contribution in [3.63, 3.8) is 0 Å². The lowest BCUT2D eigenvalue weighted by Gasteiger charge is -2.32. The van der Waals surface area contributed by atoms with Crippen molar-refractivity contribution < 1.29 is 22.7 Å². The van der Waals surface area contributed by atoms with Crippen molar-refractivity contribution in [1.29, 1.82) is 0 Å². The van der Waals surface area contributed by atoms with E-state index in [1.165, 1.54) is 30.7 Å². The van der Waals surface area contributed by atoms with Crippen molar-refractivity contribution in [2.45, 2.75) is 25.1 Å². The third-order valence-electron chi connectivity index (χ3n) is 3.95. The highest BCUT2D eigenvalue weighted by Crippen LogP contribution is 2.29. The third kappa shape index (κ3) is 4.26. The molecule has 0 aliphatic carbocycles. The van der Waals surface area contributed by atoms with Crippen molar-refractivity contribution >= 4 is 5.91 Å². The van der Waals surface area contributed by atoms with E-state index in [2.05, 4.69) is 9.97 Å².